The number of nitrogens with one attached hydrogen (secondary N) is 1. The van der Waals surface area contributed by atoms with Crippen LogP contribution in [0.15, 0.2) is 6.20 Å². The highest BCUT2D eigenvalue weighted by Crippen LogP contribution is 2.79. The van der Waals surface area contributed by atoms with Gasteiger partial charge in [-0.25, -0.2) is 4.98 Å². The van der Waals surface area contributed by atoms with Crippen LogP contribution < -0.4 is 5.32 Å². The molecular formula is C16H17N3O3S. The number of aliphatic carboxylic acids is 1. The third kappa shape index (κ3) is 1.42. The van der Waals surface area contributed by atoms with Crippen LogP contribution in [0, 0.1) is 37.0 Å². The molecular weight excluding hydrogens is 314 g/mol. The van der Waals surface area contributed by atoms with Crippen LogP contribution in [0.5, 0.6) is 0 Å². The Labute approximate surface area is 136 Å². The van der Waals surface area contributed by atoms with Gasteiger partial charge in [0.25, 0.3) is 5.91 Å². The molecule has 0 aromatic carbocycles. The van der Waals surface area contributed by atoms with E-state index in [0.29, 0.717) is 17.3 Å². The van der Waals surface area contributed by atoms with Gasteiger partial charge in [-0.3, -0.25) is 14.0 Å². The van der Waals surface area contributed by atoms with Crippen molar-refractivity contribution in [2.24, 2.45) is 23.2 Å². The fourth-order valence-corrected chi connectivity index (χ4v) is 6.26. The molecule has 120 valence electrons. The molecule has 4 aliphatic rings. The van der Waals surface area contributed by atoms with Crippen LogP contribution in [-0.4, -0.2) is 32.4 Å². The van der Waals surface area contributed by atoms with Gasteiger partial charge in [0, 0.05) is 17.1 Å². The molecule has 2 heterocycles. The Balaban J connectivity index is 1.50. The number of carbonyl (C=O) groups is 2. The predicted molar refractivity (Wildman–Crippen MR) is 83.6 cm³/mol. The van der Waals surface area contributed by atoms with Gasteiger partial charge in [-0.05, 0) is 44.4 Å². The van der Waals surface area contributed by atoms with Gasteiger partial charge in [0.15, 0.2) is 4.96 Å². The summed E-state index contributed by atoms with van der Waals surface area (Å²) < 4.78 is 1.82. The molecule has 3 unspecified atom stereocenters. The molecule has 2 N–H and O–H groups in total. The van der Waals surface area contributed by atoms with E-state index in [1.807, 2.05) is 24.4 Å². The standard InChI is InChI=1S/C16H17N3O3S/c1-6-5-19-11(7(2)17-15(19)23-6)13(20)18-12-8-3-9-10(4-8)16(9,12)14(21)22/h5,8-10,12H,3-4H2,1-2H3,(H,18,20)(H,21,22). The highest BCUT2D eigenvalue weighted by Gasteiger charge is 2.83. The number of aromatic nitrogens is 2. The summed E-state index contributed by atoms with van der Waals surface area (Å²) in [5, 5.41) is 12.7. The Morgan fingerprint density at radius 3 is 2.74 bits per heavy atom. The number of carbonyl (C=O) groups excluding carboxylic acids is 1. The lowest BCUT2D eigenvalue weighted by Crippen LogP contribution is -2.45. The summed E-state index contributed by atoms with van der Waals surface area (Å²) >= 11 is 1.55. The van der Waals surface area contributed by atoms with E-state index in [4.69, 9.17) is 0 Å². The minimum Gasteiger partial charge on any atom is -0.481 e. The molecule has 1 amide bonds. The Kier molecular flexibility index (Phi) is 2.33. The number of fused-ring (bicyclic) bond motifs is 1. The van der Waals surface area contributed by atoms with Crippen molar-refractivity contribution in [1.29, 1.82) is 0 Å². The highest BCUT2D eigenvalue weighted by molar-refractivity contribution is 7.17. The van der Waals surface area contributed by atoms with E-state index in [0.717, 1.165) is 22.7 Å². The summed E-state index contributed by atoms with van der Waals surface area (Å²) in [5.41, 5.74) is 0.532. The molecule has 2 aromatic heterocycles. The molecule has 6 rings (SSSR count). The van der Waals surface area contributed by atoms with Crippen molar-refractivity contribution in [1.82, 2.24) is 14.7 Å². The second-order valence-electron chi connectivity index (χ2n) is 7.17. The van der Waals surface area contributed by atoms with Crippen LogP contribution in [0.1, 0.15) is 33.9 Å². The van der Waals surface area contributed by atoms with Gasteiger partial charge < -0.3 is 10.4 Å². The quantitative estimate of drug-likeness (QED) is 0.899. The van der Waals surface area contributed by atoms with Crippen LogP contribution in [0.4, 0.5) is 0 Å². The first-order valence-electron chi connectivity index (χ1n) is 7.94. The number of amides is 1. The van der Waals surface area contributed by atoms with Crippen LogP contribution in [0.2, 0.25) is 0 Å². The summed E-state index contributed by atoms with van der Waals surface area (Å²) in [4.78, 5) is 31.0. The van der Waals surface area contributed by atoms with E-state index in [9.17, 15) is 14.7 Å². The lowest BCUT2D eigenvalue weighted by molar-refractivity contribution is -0.144. The maximum atomic E-state index is 12.8. The zero-order valence-corrected chi connectivity index (χ0v) is 13.7. The molecule has 23 heavy (non-hydrogen) atoms. The summed E-state index contributed by atoms with van der Waals surface area (Å²) in [6.45, 7) is 3.81. The minimum absolute atomic E-state index is 0.198. The van der Waals surface area contributed by atoms with Crippen molar-refractivity contribution in [3.05, 3.63) is 22.5 Å². The van der Waals surface area contributed by atoms with E-state index in [1.165, 1.54) is 0 Å². The molecule has 4 bridgehead atoms. The van der Waals surface area contributed by atoms with E-state index >= 15 is 0 Å². The summed E-state index contributed by atoms with van der Waals surface area (Å²) in [7, 11) is 0. The molecule has 7 heteroatoms. The number of thiazole rings is 1. The average molecular weight is 331 g/mol. The molecule has 0 spiro atoms. The highest BCUT2D eigenvalue weighted by atomic mass is 32.1. The molecule has 4 saturated carbocycles. The zero-order valence-electron chi connectivity index (χ0n) is 12.9. The van der Waals surface area contributed by atoms with Crippen molar-refractivity contribution in [2.45, 2.75) is 32.7 Å². The fraction of sp³-hybridized carbons (Fsp3) is 0.562. The number of carboxylic acid groups (broad SMARTS) is 1. The second-order valence-corrected chi connectivity index (χ2v) is 8.39. The molecule has 2 aromatic rings. The van der Waals surface area contributed by atoms with Crippen LogP contribution in [0.3, 0.4) is 0 Å². The van der Waals surface area contributed by atoms with Gasteiger partial charge in [0.05, 0.1) is 11.1 Å². The monoisotopic (exact) mass is 331 g/mol. The van der Waals surface area contributed by atoms with Crippen LogP contribution >= 0.6 is 11.3 Å². The van der Waals surface area contributed by atoms with Crippen molar-refractivity contribution in [2.75, 3.05) is 0 Å². The van der Waals surface area contributed by atoms with Gasteiger partial charge in [-0.1, -0.05) is 0 Å². The molecule has 0 radical (unpaired) electrons. The van der Waals surface area contributed by atoms with Crippen LogP contribution in [0.25, 0.3) is 4.96 Å². The van der Waals surface area contributed by atoms with Crippen molar-refractivity contribution in [3.63, 3.8) is 0 Å². The van der Waals surface area contributed by atoms with Gasteiger partial charge >= 0.3 is 5.97 Å². The number of imidazole rings is 1. The topological polar surface area (TPSA) is 83.7 Å². The second kappa shape index (κ2) is 3.95. The Hall–Kier alpha value is -1.89. The van der Waals surface area contributed by atoms with E-state index in [-0.39, 0.29) is 23.8 Å². The van der Waals surface area contributed by atoms with E-state index < -0.39 is 11.4 Å². The summed E-state index contributed by atoms with van der Waals surface area (Å²) in [6, 6.07) is -0.229. The lowest BCUT2D eigenvalue weighted by Gasteiger charge is -2.21. The average Bonchev–Trinajstić information content (AvgIpc) is 2.99. The van der Waals surface area contributed by atoms with Crippen LogP contribution in [-0.2, 0) is 4.79 Å². The third-order valence-corrected chi connectivity index (χ3v) is 7.09. The molecule has 4 aliphatic carbocycles. The number of nitrogens with zero attached hydrogens (tertiary/aromatic N) is 2. The molecule has 0 aliphatic heterocycles. The smallest absolute Gasteiger partial charge is 0.312 e. The van der Waals surface area contributed by atoms with Gasteiger partial charge in [0.2, 0.25) is 0 Å². The van der Waals surface area contributed by atoms with Crippen molar-refractivity contribution in [3.8, 4) is 0 Å². The van der Waals surface area contributed by atoms with Crippen molar-refractivity contribution >= 4 is 28.2 Å². The number of carboxylic acids is 1. The zero-order chi connectivity index (χ0) is 16.1. The first kappa shape index (κ1) is 13.5. The predicted octanol–water partition coefficient (Wildman–Crippen LogP) is 1.85. The van der Waals surface area contributed by atoms with E-state index in [2.05, 4.69) is 10.3 Å². The lowest BCUT2D eigenvalue weighted by atomic mass is 9.97. The Morgan fingerprint density at radius 2 is 2.09 bits per heavy atom. The molecule has 0 saturated heterocycles. The number of rotatable bonds is 3. The van der Waals surface area contributed by atoms with Gasteiger partial charge in [-0.2, -0.15) is 0 Å². The molecule has 6 nitrogen and oxygen atoms in total. The SMILES string of the molecule is Cc1cn2c(C(=O)NC3C4CC5C(C4)C53C(=O)O)c(C)nc2s1. The molecule has 4 fully saturated rings. The molecule has 3 atom stereocenters. The Bertz CT molecular complexity index is 871. The van der Waals surface area contributed by atoms with E-state index in [1.54, 1.807) is 11.3 Å². The number of aryl methyl sites for hydroxylation is 2. The Morgan fingerprint density at radius 1 is 1.39 bits per heavy atom. The first-order chi connectivity index (χ1) is 10.9. The normalized spacial score (nSPS) is 36.6. The minimum atomic E-state index is -0.737. The summed E-state index contributed by atoms with van der Waals surface area (Å²) in [6.07, 6.45) is 3.80. The van der Waals surface area contributed by atoms with Crippen molar-refractivity contribution < 1.29 is 14.7 Å². The van der Waals surface area contributed by atoms with Gasteiger partial charge in [-0.15, -0.1) is 11.3 Å². The maximum absolute atomic E-state index is 12.8. The summed E-state index contributed by atoms with van der Waals surface area (Å²) in [5.74, 6) is -0.0792. The number of hydrogen-bond donors (Lipinski definition) is 2. The van der Waals surface area contributed by atoms with Gasteiger partial charge in [0.1, 0.15) is 5.69 Å². The maximum Gasteiger partial charge on any atom is 0.312 e. The largest absolute Gasteiger partial charge is 0.481 e. The number of hydrogen-bond acceptors (Lipinski definition) is 4. The first-order valence-corrected chi connectivity index (χ1v) is 8.75. The third-order valence-electron chi connectivity index (χ3n) is 6.19. The fourth-order valence-electron chi connectivity index (χ4n) is 5.39.